The van der Waals surface area contributed by atoms with Gasteiger partial charge in [0.05, 0.1) is 6.54 Å². The number of amides is 1. The van der Waals surface area contributed by atoms with Gasteiger partial charge in [-0.3, -0.25) is 4.79 Å². The van der Waals surface area contributed by atoms with E-state index in [2.05, 4.69) is 86.7 Å². The maximum Gasteiger partial charge on any atom is 0.223 e. The Kier molecular flexibility index (Phi) is 6.86. The van der Waals surface area contributed by atoms with Gasteiger partial charge in [-0.1, -0.05) is 58.0 Å². The van der Waals surface area contributed by atoms with E-state index in [0.717, 1.165) is 6.54 Å². The van der Waals surface area contributed by atoms with Crippen LogP contribution in [0.2, 0.25) is 0 Å². The van der Waals surface area contributed by atoms with Crippen molar-refractivity contribution in [2.45, 2.75) is 60.2 Å². The maximum absolute atomic E-state index is 12.8. The molecule has 1 heterocycles. The fourth-order valence-corrected chi connectivity index (χ4v) is 2.99. The molecule has 0 spiro atoms. The molecule has 1 aromatic carbocycles. The summed E-state index contributed by atoms with van der Waals surface area (Å²) in [4.78, 5) is 14.9. The minimum Gasteiger partial charge on any atom is -0.345 e. The first kappa shape index (κ1) is 19.3. The molecule has 1 aromatic heterocycles. The van der Waals surface area contributed by atoms with Crippen LogP contribution in [0.4, 0.5) is 0 Å². The monoisotopic (exact) mass is 340 g/mol. The Bertz CT molecular complexity index is 658. The molecule has 0 aliphatic carbocycles. The van der Waals surface area contributed by atoms with Crippen LogP contribution in [0.25, 0.3) is 0 Å². The maximum atomic E-state index is 12.8. The molecule has 0 radical (unpaired) electrons. The molecule has 3 heteroatoms. The van der Waals surface area contributed by atoms with Crippen LogP contribution in [0.15, 0.2) is 48.7 Å². The number of carbonyl (C=O) groups is 1. The Morgan fingerprint density at radius 1 is 1.00 bits per heavy atom. The lowest BCUT2D eigenvalue weighted by Gasteiger charge is -2.33. The smallest absolute Gasteiger partial charge is 0.223 e. The molecule has 0 fully saturated rings. The molecule has 1 atom stereocenters. The quantitative estimate of drug-likeness (QED) is 0.667. The molecule has 136 valence electrons. The molecule has 2 rings (SSSR count). The summed E-state index contributed by atoms with van der Waals surface area (Å²) < 4.78 is 2.25. The zero-order valence-electron chi connectivity index (χ0n) is 16.3. The average Bonchev–Trinajstić information content (AvgIpc) is 2.99. The third-order valence-corrected chi connectivity index (χ3v) is 4.81. The second-order valence-corrected chi connectivity index (χ2v) is 7.72. The summed E-state index contributed by atoms with van der Waals surface area (Å²) in [6.45, 7) is 12.2. The van der Waals surface area contributed by atoms with Gasteiger partial charge in [-0.05, 0) is 36.5 Å². The van der Waals surface area contributed by atoms with Gasteiger partial charge < -0.3 is 9.47 Å². The summed E-state index contributed by atoms with van der Waals surface area (Å²) >= 11 is 0. The fourth-order valence-electron chi connectivity index (χ4n) is 2.99. The Balaban J connectivity index is 2.18. The van der Waals surface area contributed by atoms with E-state index in [1.165, 1.54) is 11.3 Å². The number of hydrogen-bond acceptors (Lipinski definition) is 1. The van der Waals surface area contributed by atoms with Crippen LogP contribution in [-0.2, 0) is 17.9 Å². The molecule has 0 aliphatic rings. The molecular formula is C22H32N2O. The fraction of sp³-hybridized carbons (Fsp3) is 0.500. The highest BCUT2D eigenvalue weighted by Gasteiger charge is 2.24. The summed E-state index contributed by atoms with van der Waals surface area (Å²) in [5.41, 5.74) is 2.46. The SMILES string of the molecule is CC(C)CC(=O)N(Cc1cccn1Cc1ccccc1)[C@@H](C)C(C)C. The first-order chi connectivity index (χ1) is 11.9. The van der Waals surface area contributed by atoms with Crippen LogP contribution in [0.5, 0.6) is 0 Å². The zero-order chi connectivity index (χ0) is 18.4. The van der Waals surface area contributed by atoms with Crippen LogP contribution in [0, 0.1) is 11.8 Å². The summed E-state index contributed by atoms with van der Waals surface area (Å²) in [6.07, 6.45) is 2.71. The summed E-state index contributed by atoms with van der Waals surface area (Å²) in [7, 11) is 0. The van der Waals surface area contributed by atoms with Gasteiger partial charge in [-0.25, -0.2) is 0 Å². The van der Waals surface area contributed by atoms with Crippen molar-refractivity contribution in [3.8, 4) is 0 Å². The Labute approximate surface area is 152 Å². The molecule has 3 nitrogen and oxygen atoms in total. The molecule has 0 N–H and O–H groups in total. The van der Waals surface area contributed by atoms with E-state index in [-0.39, 0.29) is 11.9 Å². The molecule has 0 unspecified atom stereocenters. The first-order valence-electron chi connectivity index (χ1n) is 9.36. The summed E-state index contributed by atoms with van der Waals surface area (Å²) in [5, 5.41) is 0. The number of rotatable bonds is 8. The van der Waals surface area contributed by atoms with Gasteiger partial charge >= 0.3 is 0 Å². The van der Waals surface area contributed by atoms with E-state index in [9.17, 15) is 4.79 Å². The van der Waals surface area contributed by atoms with Gasteiger partial charge in [0.25, 0.3) is 0 Å². The minimum atomic E-state index is 0.228. The van der Waals surface area contributed by atoms with E-state index >= 15 is 0 Å². The van der Waals surface area contributed by atoms with Crippen molar-refractivity contribution in [3.05, 3.63) is 59.9 Å². The highest BCUT2D eigenvalue weighted by Crippen LogP contribution is 2.19. The zero-order valence-corrected chi connectivity index (χ0v) is 16.3. The standard InChI is InChI=1S/C22H32N2O/c1-17(2)14-22(25)24(19(5)18(3)4)16-21-12-9-13-23(21)15-20-10-7-6-8-11-20/h6-13,17-19H,14-16H2,1-5H3/t19-/m0/s1. The number of nitrogens with zero attached hydrogens (tertiary/aromatic N) is 2. The van der Waals surface area contributed by atoms with Crippen LogP contribution in [0.3, 0.4) is 0 Å². The second-order valence-electron chi connectivity index (χ2n) is 7.72. The molecule has 2 aromatic rings. The van der Waals surface area contributed by atoms with Crippen molar-refractivity contribution in [3.63, 3.8) is 0 Å². The van der Waals surface area contributed by atoms with Gasteiger partial charge in [0.1, 0.15) is 0 Å². The van der Waals surface area contributed by atoms with Crippen LogP contribution >= 0.6 is 0 Å². The third-order valence-electron chi connectivity index (χ3n) is 4.81. The van der Waals surface area contributed by atoms with Crippen LogP contribution in [-0.4, -0.2) is 21.4 Å². The van der Waals surface area contributed by atoms with Gasteiger partial charge in [-0.15, -0.1) is 0 Å². The first-order valence-corrected chi connectivity index (χ1v) is 9.36. The molecule has 25 heavy (non-hydrogen) atoms. The third kappa shape index (κ3) is 5.48. The van der Waals surface area contributed by atoms with Gasteiger partial charge in [0.15, 0.2) is 0 Å². The minimum absolute atomic E-state index is 0.228. The van der Waals surface area contributed by atoms with Gasteiger partial charge in [-0.2, -0.15) is 0 Å². The molecule has 0 aliphatic heterocycles. The average molecular weight is 341 g/mol. The van der Waals surface area contributed by atoms with Crippen LogP contribution < -0.4 is 0 Å². The number of aromatic nitrogens is 1. The lowest BCUT2D eigenvalue weighted by molar-refractivity contribution is -0.135. The van der Waals surface area contributed by atoms with Crippen molar-refractivity contribution in [1.82, 2.24) is 9.47 Å². The van der Waals surface area contributed by atoms with Gasteiger partial charge in [0, 0.05) is 30.9 Å². The van der Waals surface area contributed by atoms with E-state index < -0.39 is 0 Å². The van der Waals surface area contributed by atoms with Crippen LogP contribution in [0.1, 0.15) is 52.3 Å². The highest BCUT2D eigenvalue weighted by molar-refractivity contribution is 5.76. The Morgan fingerprint density at radius 3 is 2.28 bits per heavy atom. The highest BCUT2D eigenvalue weighted by atomic mass is 16.2. The Morgan fingerprint density at radius 2 is 1.68 bits per heavy atom. The number of benzene rings is 1. The van der Waals surface area contributed by atoms with E-state index in [1.807, 2.05) is 6.07 Å². The van der Waals surface area contributed by atoms with Crippen molar-refractivity contribution < 1.29 is 4.79 Å². The number of hydrogen-bond donors (Lipinski definition) is 0. The van der Waals surface area contributed by atoms with Gasteiger partial charge in [0.2, 0.25) is 5.91 Å². The molecule has 1 amide bonds. The summed E-state index contributed by atoms with van der Waals surface area (Å²) in [5.74, 6) is 1.07. The predicted molar refractivity (Wildman–Crippen MR) is 104 cm³/mol. The summed E-state index contributed by atoms with van der Waals surface area (Å²) in [6, 6.07) is 14.9. The molecule has 0 bridgehead atoms. The molecular weight excluding hydrogens is 308 g/mol. The topological polar surface area (TPSA) is 25.2 Å². The lowest BCUT2D eigenvalue weighted by Crippen LogP contribution is -2.41. The van der Waals surface area contributed by atoms with Crippen molar-refractivity contribution >= 4 is 5.91 Å². The van der Waals surface area contributed by atoms with E-state index in [1.54, 1.807) is 0 Å². The van der Waals surface area contributed by atoms with Crippen molar-refractivity contribution in [2.24, 2.45) is 11.8 Å². The Hall–Kier alpha value is -2.03. The predicted octanol–water partition coefficient (Wildman–Crippen LogP) is 4.96. The van der Waals surface area contributed by atoms with Crippen molar-refractivity contribution in [2.75, 3.05) is 0 Å². The van der Waals surface area contributed by atoms with Crippen molar-refractivity contribution in [1.29, 1.82) is 0 Å². The van der Waals surface area contributed by atoms with E-state index in [4.69, 9.17) is 0 Å². The molecule has 0 saturated heterocycles. The second kappa shape index (κ2) is 8.89. The lowest BCUT2D eigenvalue weighted by atomic mass is 10.0. The van der Waals surface area contributed by atoms with E-state index in [0.29, 0.717) is 24.8 Å². The largest absolute Gasteiger partial charge is 0.345 e. The normalized spacial score (nSPS) is 12.6. The number of carbonyl (C=O) groups excluding carboxylic acids is 1. The molecule has 0 saturated carbocycles.